The van der Waals surface area contributed by atoms with Crippen molar-refractivity contribution in [2.45, 2.75) is 64.6 Å². The summed E-state index contributed by atoms with van der Waals surface area (Å²) in [6, 6.07) is 8.99. The summed E-state index contributed by atoms with van der Waals surface area (Å²) in [5, 5.41) is 0. The van der Waals surface area contributed by atoms with E-state index in [1.54, 1.807) is 0 Å². The van der Waals surface area contributed by atoms with Gasteiger partial charge in [0.1, 0.15) is 0 Å². The van der Waals surface area contributed by atoms with E-state index >= 15 is 0 Å². The molecule has 0 bridgehead atoms. The number of benzene rings is 1. The summed E-state index contributed by atoms with van der Waals surface area (Å²) in [6.07, 6.45) is 5.76. The van der Waals surface area contributed by atoms with Crippen LogP contribution in [0.4, 0.5) is 0 Å². The summed E-state index contributed by atoms with van der Waals surface area (Å²) in [4.78, 5) is 0. The van der Waals surface area contributed by atoms with Gasteiger partial charge in [-0.25, -0.2) is 0 Å². The monoisotopic (exact) mass is 276 g/mol. The molecule has 1 heterocycles. The predicted octanol–water partition coefficient (Wildman–Crippen LogP) is 4.68. The molecular weight excluding hydrogens is 248 g/mol. The first-order valence-corrected chi connectivity index (χ1v) is 8.03. The van der Waals surface area contributed by atoms with E-state index < -0.39 is 0 Å². The SMILES string of the molecule is CCCCc1ccc(C2COC(C)(CCC)OC2)cc1. The van der Waals surface area contributed by atoms with E-state index in [2.05, 4.69) is 45.0 Å². The van der Waals surface area contributed by atoms with Crippen molar-refractivity contribution in [2.75, 3.05) is 13.2 Å². The van der Waals surface area contributed by atoms with E-state index in [9.17, 15) is 0 Å². The zero-order chi connectivity index (χ0) is 14.4. The summed E-state index contributed by atoms with van der Waals surface area (Å²) in [7, 11) is 0. The number of aryl methyl sites for hydroxylation is 1. The Morgan fingerprint density at radius 3 is 2.25 bits per heavy atom. The molecule has 1 aliphatic rings. The average molecular weight is 276 g/mol. The van der Waals surface area contributed by atoms with Crippen LogP contribution in [0.25, 0.3) is 0 Å². The van der Waals surface area contributed by atoms with Gasteiger partial charge in [0.05, 0.1) is 13.2 Å². The van der Waals surface area contributed by atoms with Crippen molar-refractivity contribution in [3.8, 4) is 0 Å². The Balaban J connectivity index is 1.90. The van der Waals surface area contributed by atoms with Crippen molar-refractivity contribution in [1.29, 1.82) is 0 Å². The summed E-state index contributed by atoms with van der Waals surface area (Å²) in [6.45, 7) is 7.99. The molecule has 1 saturated heterocycles. The largest absolute Gasteiger partial charge is 0.350 e. The van der Waals surface area contributed by atoms with E-state index in [1.807, 2.05) is 0 Å². The molecule has 112 valence electrons. The van der Waals surface area contributed by atoms with Crippen molar-refractivity contribution < 1.29 is 9.47 Å². The predicted molar refractivity (Wildman–Crippen MR) is 83.0 cm³/mol. The molecular formula is C18H28O2. The zero-order valence-corrected chi connectivity index (χ0v) is 13.2. The molecule has 1 aromatic carbocycles. The Labute approximate surface area is 123 Å². The fraction of sp³-hybridized carbons (Fsp3) is 0.667. The van der Waals surface area contributed by atoms with Gasteiger partial charge in [-0.1, -0.05) is 51.0 Å². The van der Waals surface area contributed by atoms with E-state index in [0.717, 1.165) is 26.1 Å². The normalized spacial score (nSPS) is 26.6. The van der Waals surface area contributed by atoms with Gasteiger partial charge < -0.3 is 9.47 Å². The van der Waals surface area contributed by atoms with Crippen LogP contribution in [-0.4, -0.2) is 19.0 Å². The third kappa shape index (κ3) is 4.07. The highest BCUT2D eigenvalue weighted by molar-refractivity contribution is 5.26. The maximum absolute atomic E-state index is 5.95. The maximum atomic E-state index is 5.95. The van der Waals surface area contributed by atoms with Crippen LogP contribution in [0.15, 0.2) is 24.3 Å². The van der Waals surface area contributed by atoms with Crippen LogP contribution >= 0.6 is 0 Å². The second-order valence-corrected chi connectivity index (χ2v) is 6.05. The molecule has 2 heteroatoms. The molecule has 0 amide bonds. The third-order valence-corrected chi connectivity index (χ3v) is 4.15. The van der Waals surface area contributed by atoms with Gasteiger partial charge in [-0.3, -0.25) is 0 Å². The molecule has 0 radical (unpaired) electrons. The standard InChI is InChI=1S/C18H28O2/c1-4-6-7-15-8-10-16(11-9-15)17-13-19-18(3,12-5-2)20-14-17/h8-11,17H,4-7,12-14H2,1-3H3. The minimum atomic E-state index is -0.369. The first kappa shape index (κ1) is 15.5. The van der Waals surface area contributed by atoms with Crippen LogP contribution in [0.2, 0.25) is 0 Å². The summed E-state index contributed by atoms with van der Waals surface area (Å²) in [5.74, 6) is 0.00641. The molecule has 0 aromatic heterocycles. The summed E-state index contributed by atoms with van der Waals surface area (Å²) >= 11 is 0. The fourth-order valence-corrected chi connectivity index (χ4v) is 2.77. The van der Waals surface area contributed by atoms with E-state index in [0.29, 0.717) is 5.92 Å². The molecule has 0 aliphatic carbocycles. The minimum Gasteiger partial charge on any atom is -0.350 e. The van der Waals surface area contributed by atoms with Gasteiger partial charge in [-0.2, -0.15) is 0 Å². The van der Waals surface area contributed by atoms with Crippen LogP contribution in [0.5, 0.6) is 0 Å². The first-order chi connectivity index (χ1) is 9.67. The molecule has 1 fully saturated rings. The van der Waals surface area contributed by atoms with Crippen molar-refractivity contribution >= 4 is 0 Å². The smallest absolute Gasteiger partial charge is 0.165 e. The maximum Gasteiger partial charge on any atom is 0.165 e. The van der Waals surface area contributed by atoms with Crippen LogP contribution in [0, 0.1) is 0 Å². The lowest BCUT2D eigenvalue weighted by Crippen LogP contribution is -2.40. The van der Waals surface area contributed by atoms with Gasteiger partial charge in [0, 0.05) is 12.3 Å². The molecule has 0 spiro atoms. The number of unbranched alkanes of at least 4 members (excludes halogenated alkanes) is 1. The molecule has 20 heavy (non-hydrogen) atoms. The first-order valence-electron chi connectivity index (χ1n) is 8.03. The molecule has 1 aromatic rings. The number of rotatable bonds is 6. The highest BCUT2D eigenvalue weighted by Gasteiger charge is 2.32. The van der Waals surface area contributed by atoms with Crippen LogP contribution in [-0.2, 0) is 15.9 Å². The van der Waals surface area contributed by atoms with Gasteiger partial charge in [0.2, 0.25) is 0 Å². The van der Waals surface area contributed by atoms with Crippen molar-refractivity contribution in [1.82, 2.24) is 0 Å². The summed E-state index contributed by atoms with van der Waals surface area (Å²) < 4.78 is 11.9. The lowest BCUT2D eigenvalue weighted by atomic mass is 9.97. The van der Waals surface area contributed by atoms with Crippen molar-refractivity contribution in [3.05, 3.63) is 35.4 Å². The molecule has 0 atom stereocenters. The van der Waals surface area contributed by atoms with Gasteiger partial charge in [0.15, 0.2) is 5.79 Å². The Kier molecular flexibility index (Phi) is 5.62. The third-order valence-electron chi connectivity index (χ3n) is 4.15. The van der Waals surface area contributed by atoms with Crippen LogP contribution in [0.1, 0.15) is 63.5 Å². The molecule has 0 saturated carbocycles. The molecule has 2 rings (SSSR count). The zero-order valence-electron chi connectivity index (χ0n) is 13.2. The second-order valence-electron chi connectivity index (χ2n) is 6.05. The van der Waals surface area contributed by atoms with Crippen LogP contribution in [0.3, 0.4) is 0 Å². The highest BCUT2D eigenvalue weighted by atomic mass is 16.7. The molecule has 0 N–H and O–H groups in total. The Hall–Kier alpha value is -0.860. The average Bonchev–Trinajstić information content (AvgIpc) is 2.47. The highest BCUT2D eigenvalue weighted by Crippen LogP contribution is 2.30. The van der Waals surface area contributed by atoms with E-state index in [-0.39, 0.29) is 5.79 Å². The second kappa shape index (κ2) is 7.24. The Morgan fingerprint density at radius 1 is 1.05 bits per heavy atom. The molecule has 2 nitrogen and oxygen atoms in total. The van der Waals surface area contributed by atoms with E-state index in [1.165, 1.54) is 30.4 Å². The topological polar surface area (TPSA) is 18.5 Å². The lowest BCUT2D eigenvalue weighted by molar-refractivity contribution is -0.265. The number of hydrogen-bond acceptors (Lipinski definition) is 2. The number of ether oxygens (including phenoxy) is 2. The lowest BCUT2D eigenvalue weighted by Gasteiger charge is -2.37. The molecule has 1 aliphatic heterocycles. The van der Waals surface area contributed by atoms with E-state index in [4.69, 9.17) is 9.47 Å². The van der Waals surface area contributed by atoms with Gasteiger partial charge in [-0.05, 0) is 30.9 Å². The Bertz CT molecular complexity index is 388. The van der Waals surface area contributed by atoms with Gasteiger partial charge in [0.25, 0.3) is 0 Å². The Morgan fingerprint density at radius 2 is 1.70 bits per heavy atom. The van der Waals surface area contributed by atoms with Crippen LogP contribution < -0.4 is 0 Å². The van der Waals surface area contributed by atoms with Crippen molar-refractivity contribution in [3.63, 3.8) is 0 Å². The fourth-order valence-electron chi connectivity index (χ4n) is 2.77. The van der Waals surface area contributed by atoms with Gasteiger partial charge >= 0.3 is 0 Å². The van der Waals surface area contributed by atoms with Gasteiger partial charge in [-0.15, -0.1) is 0 Å². The number of hydrogen-bond donors (Lipinski definition) is 0. The molecule has 0 unspecified atom stereocenters. The summed E-state index contributed by atoms with van der Waals surface area (Å²) in [5.41, 5.74) is 2.77. The minimum absolute atomic E-state index is 0.369. The van der Waals surface area contributed by atoms with Crippen molar-refractivity contribution in [2.24, 2.45) is 0 Å². The quantitative estimate of drug-likeness (QED) is 0.751.